The number of fused-ring (bicyclic) bond motifs is 1. The first-order valence-corrected chi connectivity index (χ1v) is 5.17. The third-order valence-electron chi connectivity index (χ3n) is 2.57. The van der Waals surface area contributed by atoms with Crippen LogP contribution in [0.15, 0.2) is 28.7 Å². The molecular weight excluding hydrogens is 211 g/mol. The van der Waals surface area contributed by atoms with Gasteiger partial charge in [0.2, 0.25) is 0 Å². The Morgan fingerprint density at radius 2 is 2.06 bits per heavy atom. The summed E-state index contributed by atoms with van der Waals surface area (Å²) in [7, 11) is 0. The number of aliphatic hydroxyl groups excluding tert-OH is 2. The van der Waals surface area contributed by atoms with Crippen LogP contribution < -0.4 is 0 Å². The summed E-state index contributed by atoms with van der Waals surface area (Å²) in [6.07, 6.45) is -1.52. The molecule has 2 aromatic rings. The molecule has 0 aliphatic heterocycles. The van der Waals surface area contributed by atoms with E-state index in [0.717, 1.165) is 0 Å². The van der Waals surface area contributed by atoms with E-state index >= 15 is 0 Å². The minimum Gasteiger partial charge on any atom is -0.458 e. The van der Waals surface area contributed by atoms with Crippen LogP contribution in [0.25, 0.3) is 11.0 Å². The van der Waals surface area contributed by atoms with Crippen LogP contribution in [0.4, 0.5) is 4.39 Å². The van der Waals surface area contributed by atoms with Gasteiger partial charge in [0.1, 0.15) is 23.3 Å². The van der Waals surface area contributed by atoms with Crippen molar-refractivity contribution >= 4 is 11.0 Å². The fraction of sp³-hybridized carbons (Fsp3) is 0.333. The molecule has 4 heteroatoms. The molecule has 0 saturated carbocycles. The standard InChI is InChI=1S/C12H13FO3/c1-2-9(14)12(15)11-6-7-5-8(13)3-4-10(7)16-11/h3-6,9,12,14-15H,2H2,1H3. The summed E-state index contributed by atoms with van der Waals surface area (Å²) >= 11 is 0. The lowest BCUT2D eigenvalue weighted by Crippen LogP contribution is -2.16. The van der Waals surface area contributed by atoms with E-state index in [4.69, 9.17) is 4.42 Å². The van der Waals surface area contributed by atoms with Crippen molar-refractivity contribution in [3.8, 4) is 0 Å². The number of hydrogen-bond donors (Lipinski definition) is 2. The summed E-state index contributed by atoms with van der Waals surface area (Å²) in [5.74, 6) is -0.0969. The maximum absolute atomic E-state index is 12.9. The van der Waals surface area contributed by atoms with Gasteiger partial charge in [0.05, 0.1) is 6.10 Å². The molecule has 2 N–H and O–H groups in total. The predicted octanol–water partition coefficient (Wildman–Crippen LogP) is 2.38. The lowest BCUT2D eigenvalue weighted by Gasteiger charge is -2.12. The molecule has 16 heavy (non-hydrogen) atoms. The van der Waals surface area contributed by atoms with Gasteiger partial charge in [-0.15, -0.1) is 0 Å². The Kier molecular flexibility index (Phi) is 2.94. The monoisotopic (exact) mass is 224 g/mol. The van der Waals surface area contributed by atoms with E-state index in [1.54, 1.807) is 13.0 Å². The maximum Gasteiger partial charge on any atom is 0.137 e. The highest BCUT2D eigenvalue weighted by Crippen LogP contribution is 2.27. The lowest BCUT2D eigenvalue weighted by molar-refractivity contribution is 0.00464. The molecule has 86 valence electrons. The summed E-state index contributed by atoms with van der Waals surface area (Å²) in [6.45, 7) is 1.76. The molecule has 0 saturated heterocycles. The summed E-state index contributed by atoms with van der Waals surface area (Å²) in [4.78, 5) is 0. The second-order valence-electron chi connectivity index (χ2n) is 3.75. The van der Waals surface area contributed by atoms with Crippen molar-refractivity contribution in [2.24, 2.45) is 0 Å². The molecule has 0 bridgehead atoms. The summed E-state index contributed by atoms with van der Waals surface area (Å²) in [5.41, 5.74) is 0.499. The molecule has 2 rings (SSSR count). The van der Waals surface area contributed by atoms with E-state index in [1.165, 1.54) is 18.2 Å². The first kappa shape index (κ1) is 11.1. The molecule has 1 aromatic heterocycles. The van der Waals surface area contributed by atoms with Gasteiger partial charge in [0, 0.05) is 5.39 Å². The van der Waals surface area contributed by atoms with Crippen LogP contribution in [0, 0.1) is 5.82 Å². The average molecular weight is 224 g/mol. The molecule has 0 spiro atoms. The van der Waals surface area contributed by atoms with Crippen molar-refractivity contribution in [1.82, 2.24) is 0 Å². The van der Waals surface area contributed by atoms with Gasteiger partial charge in [0.25, 0.3) is 0 Å². The molecular formula is C12H13FO3. The number of rotatable bonds is 3. The molecule has 0 radical (unpaired) electrons. The van der Waals surface area contributed by atoms with Gasteiger partial charge >= 0.3 is 0 Å². The van der Waals surface area contributed by atoms with E-state index in [-0.39, 0.29) is 11.6 Å². The predicted molar refractivity (Wildman–Crippen MR) is 57.4 cm³/mol. The topological polar surface area (TPSA) is 53.6 Å². The number of aliphatic hydroxyl groups is 2. The Morgan fingerprint density at radius 1 is 1.31 bits per heavy atom. The summed E-state index contributed by atoms with van der Waals surface area (Å²) in [5, 5.41) is 19.8. The molecule has 0 amide bonds. The average Bonchev–Trinajstić information content (AvgIpc) is 2.69. The zero-order chi connectivity index (χ0) is 11.7. The highest BCUT2D eigenvalue weighted by Gasteiger charge is 2.20. The summed E-state index contributed by atoms with van der Waals surface area (Å²) < 4.78 is 18.2. The van der Waals surface area contributed by atoms with Gasteiger partial charge in [-0.3, -0.25) is 0 Å². The molecule has 3 nitrogen and oxygen atoms in total. The highest BCUT2D eigenvalue weighted by atomic mass is 19.1. The van der Waals surface area contributed by atoms with Crippen LogP contribution in [-0.2, 0) is 0 Å². The molecule has 1 aromatic carbocycles. The first-order valence-electron chi connectivity index (χ1n) is 5.17. The Balaban J connectivity index is 2.39. The van der Waals surface area contributed by atoms with Crippen LogP contribution in [0.2, 0.25) is 0 Å². The fourth-order valence-corrected chi connectivity index (χ4v) is 1.59. The lowest BCUT2D eigenvalue weighted by atomic mass is 10.1. The zero-order valence-electron chi connectivity index (χ0n) is 8.85. The van der Waals surface area contributed by atoms with Gasteiger partial charge in [-0.1, -0.05) is 6.92 Å². The summed E-state index contributed by atoms with van der Waals surface area (Å²) in [6, 6.07) is 5.66. The number of benzene rings is 1. The molecule has 0 fully saturated rings. The minimum atomic E-state index is -1.07. The Hall–Kier alpha value is -1.39. The molecule has 2 unspecified atom stereocenters. The molecule has 1 heterocycles. The van der Waals surface area contributed by atoms with E-state index in [0.29, 0.717) is 17.4 Å². The minimum absolute atomic E-state index is 0.259. The quantitative estimate of drug-likeness (QED) is 0.841. The van der Waals surface area contributed by atoms with Crippen molar-refractivity contribution < 1.29 is 19.0 Å². The van der Waals surface area contributed by atoms with Gasteiger partial charge < -0.3 is 14.6 Å². The van der Waals surface area contributed by atoms with Crippen molar-refractivity contribution in [3.05, 3.63) is 35.8 Å². The van der Waals surface area contributed by atoms with E-state index < -0.39 is 12.2 Å². The Morgan fingerprint density at radius 3 is 2.75 bits per heavy atom. The van der Waals surface area contributed by atoms with Crippen LogP contribution in [0.5, 0.6) is 0 Å². The van der Waals surface area contributed by atoms with Crippen LogP contribution in [-0.4, -0.2) is 16.3 Å². The Bertz CT molecular complexity index is 492. The third-order valence-corrected chi connectivity index (χ3v) is 2.57. The van der Waals surface area contributed by atoms with Gasteiger partial charge in [-0.2, -0.15) is 0 Å². The molecule has 0 aliphatic carbocycles. The molecule has 2 atom stereocenters. The smallest absolute Gasteiger partial charge is 0.137 e. The normalized spacial score (nSPS) is 15.2. The number of halogens is 1. The third kappa shape index (κ3) is 1.94. The zero-order valence-corrected chi connectivity index (χ0v) is 8.85. The van der Waals surface area contributed by atoms with Crippen molar-refractivity contribution in [1.29, 1.82) is 0 Å². The van der Waals surface area contributed by atoms with Gasteiger partial charge in [-0.05, 0) is 30.7 Å². The van der Waals surface area contributed by atoms with Gasteiger partial charge in [-0.25, -0.2) is 4.39 Å². The van der Waals surface area contributed by atoms with Gasteiger partial charge in [0.15, 0.2) is 0 Å². The second kappa shape index (κ2) is 4.23. The van der Waals surface area contributed by atoms with Crippen LogP contribution in [0.1, 0.15) is 25.2 Å². The maximum atomic E-state index is 12.9. The van der Waals surface area contributed by atoms with Crippen LogP contribution in [0.3, 0.4) is 0 Å². The second-order valence-corrected chi connectivity index (χ2v) is 3.75. The van der Waals surface area contributed by atoms with E-state index in [2.05, 4.69) is 0 Å². The van der Waals surface area contributed by atoms with E-state index in [9.17, 15) is 14.6 Å². The van der Waals surface area contributed by atoms with Crippen molar-refractivity contribution in [2.75, 3.05) is 0 Å². The Labute approximate surface area is 92.1 Å². The van der Waals surface area contributed by atoms with Crippen LogP contribution >= 0.6 is 0 Å². The first-order chi connectivity index (χ1) is 7.61. The fourth-order valence-electron chi connectivity index (χ4n) is 1.59. The van der Waals surface area contributed by atoms with E-state index in [1.807, 2.05) is 0 Å². The number of hydrogen-bond acceptors (Lipinski definition) is 3. The van der Waals surface area contributed by atoms with Crippen molar-refractivity contribution in [3.63, 3.8) is 0 Å². The number of furan rings is 1. The SMILES string of the molecule is CCC(O)C(O)c1cc2cc(F)ccc2o1. The molecule has 0 aliphatic rings. The highest BCUT2D eigenvalue weighted by molar-refractivity contribution is 5.77. The van der Waals surface area contributed by atoms with Crippen molar-refractivity contribution in [2.45, 2.75) is 25.6 Å². The largest absolute Gasteiger partial charge is 0.458 e.